The van der Waals surface area contributed by atoms with Crippen LogP contribution in [0.5, 0.6) is 0 Å². The second-order valence-electron chi connectivity index (χ2n) is 6.65. The molecule has 1 aromatic heterocycles. The first-order chi connectivity index (χ1) is 11.9. The van der Waals surface area contributed by atoms with Crippen molar-refractivity contribution >= 4 is 33.5 Å². The van der Waals surface area contributed by atoms with Gasteiger partial charge in [0.25, 0.3) is 0 Å². The summed E-state index contributed by atoms with van der Waals surface area (Å²) < 4.78 is 31.2. The number of nitrogens with zero attached hydrogens (tertiary/aromatic N) is 3. The Labute approximate surface area is 160 Å². The van der Waals surface area contributed by atoms with Gasteiger partial charge in [-0.3, -0.25) is 9.13 Å². The molecule has 1 aromatic carbocycles. The summed E-state index contributed by atoms with van der Waals surface area (Å²) >= 11 is 0. The second kappa shape index (κ2) is 8.12. The highest BCUT2D eigenvalue weighted by Crippen LogP contribution is 2.25. The predicted molar refractivity (Wildman–Crippen MR) is 105 cm³/mol. The molecule has 0 aliphatic carbocycles. The molecule has 0 spiro atoms. The third kappa shape index (κ3) is 3.55. The summed E-state index contributed by atoms with van der Waals surface area (Å²) in [6.45, 7) is 4.19. The van der Waals surface area contributed by atoms with Crippen molar-refractivity contribution < 1.29 is 8.42 Å². The lowest BCUT2D eigenvalue weighted by Gasteiger charge is -2.33. The highest BCUT2D eigenvalue weighted by molar-refractivity contribution is 7.89. The lowest BCUT2D eigenvalue weighted by Crippen LogP contribution is -2.46. The summed E-state index contributed by atoms with van der Waals surface area (Å²) in [5, 5.41) is 3.28. The van der Waals surface area contributed by atoms with Crippen molar-refractivity contribution in [2.45, 2.75) is 37.1 Å². The van der Waals surface area contributed by atoms with E-state index in [1.165, 1.54) is 9.13 Å². The molecule has 7 nitrogen and oxygen atoms in total. The van der Waals surface area contributed by atoms with Crippen molar-refractivity contribution in [2.24, 2.45) is 14.1 Å². The first-order valence-corrected chi connectivity index (χ1v) is 10.2. The molecule has 1 aliphatic heterocycles. The van der Waals surface area contributed by atoms with E-state index in [-0.39, 0.29) is 29.0 Å². The third-order valence-electron chi connectivity index (χ3n) is 5.01. The van der Waals surface area contributed by atoms with Gasteiger partial charge in [0.05, 0.1) is 15.9 Å². The van der Waals surface area contributed by atoms with Gasteiger partial charge in [-0.15, -0.1) is 12.4 Å². The minimum Gasteiger partial charge on any atom is -0.317 e. The van der Waals surface area contributed by atoms with Crippen LogP contribution >= 0.6 is 12.4 Å². The topological polar surface area (TPSA) is 76.3 Å². The minimum absolute atomic E-state index is 0. The standard InChI is InChI=1S/C17H26N4O3S.ClH/c1-4-11-21(13-7-9-18-10-8-13)25(23,24)14-5-6-15-16(12-14)20(3)17(22)19(15)2;/h5-6,12-13,18H,4,7-11H2,1-3H3;1H. The van der Waals surface area contributed by atoms with Crippen LogP contribution in [0.2, 0.25) is 0 Å². The highest BCUT2D eigenvalue weighted by atomic mass is 35.5. The van der Waals surface area contributed by atoms with Gasteiger partial charge in [0.2, 0.25) is 10.0 Å². The number of halogens is 1. The van der Waals surface area contributed by atoms with Gasteiger partial charge >= 0.3 is 5.69 Å². The van der Waals surface area contributed by atoms with E-state index in [9.17, 15) is 13.2 Å². The summed E-state index contributed by atoms with van der Waals surface area (Å²) in [7, 11) is -0.238. The van der Waals surface area contributed by atoms with Gasteiger partial charge in [-0.2, -0.15) is 4.31 Å². The van der Waals surface area contributed by atoms with Gasteiger partial charge in [-0.25, -0.2) is 13.2 Å². The van der Waals surface area contributed by atoms with Gasteiger partial charge in [-0.1, -0.05) is 6.92 Å². The zero-order valence-electron chi connectivity index (χ0n) is 15.4. The number of rotatable bonds is 5. The molecule has 0 atom stereocenters. The molecule has 1 N–H and O–H groups in total. The normalized spacial score (nSPS) is 16.2. The molecule has 1 fully saturated rings. The second-order valence-corrected chi connectivity index (χ2v) is 8.54. The van der Waals surface area contributed by atoms with E-state index < -0.39 is 10.0 Å². The number of benzene rings is 1. The Morgan fingerprint density at radius 1 is 1.15 bits per heavy atom. The van der Waals surface area contributed by atoms with Crippen molar-refractivity contribution in [2.75, 3.05) is 19.6 Å². The van der Waals surface area contributed by atoms with Gasteiger partial charge in [0.15, 0.2) is 0 Å². The van der Waals surface area contributed by atoms with Crippen LogP contribution in [0.25, 0.3) is 11.0 Å². The van der Waals surface area contributed by atoms with Crippen LogP contribution in [0.3, 0.4) is 0 Å². The Morgan fingerprint density at radius 3 is 2.38 bits per heavy atom. The quantitative estimate of drug-likeness (QED) is 0.821. The lowest BCUT2D eigenvalue weighted by atomic mass is 10.1. The molecule has 0 bridgehead atoms. The number of aryl methyl sites for hydroxylation is 2. The van der Waals surface area contributed by atoms with Gasteiger partial charge in [-0.05, 0) is 50.6 Å². The maximum atomic E-state index is 13.3. The fourth-order valence-electron chi connectivity index (χ4n) is 3.60. The number of sulfonamides is 1. The van der Waals surface area contributed by atoms with Gasteiger partial charge in [0.1, 0.15) is 0 Å². The van der Waals surface area contributed by atoms with Crippen LogP contribution in [0.1, 0.15) is 26.2 Å². The molecule has 2 heterocycles. The van der Waals surface area contributed by atoms with Crippen molar-refractivity contribution in [3.63, 3.8) is 0 Å². The Kier molecular flexibility index (Phi) is 6.55. The SMILES string of the molecule is CCCN(C1CCNCC1)S(=O)(=O)c1ccc2c(c1)n(C)c(=O)n2C.Cl. The molecule has 1 saturated heterocycles. The maximum absolute atomic E-state index is 13.3. The number of hydrogen-bond donors (Lipinski definition) is 1. The summed E-state index contributed by atoms with van der Waals surface area (Å²) in [4.78, 5) is 12.3. The molecule has 0 unspecified atom stereocenters. The highest BCUT2D eigenvalue weighted by Gasteiger charge is 2.32. The van der Waals surface area contributed by atoms with E-state index in [0.29, 0.717) is 12.1 Å². The van der Waals surface area contributed by atoms with Crippen molar-refractivity contribution in [1.82, 2.24) is 18.8 Å². The maximum Gasteiger partial charge on any atom is 0.328 e. The summed E-state index contributed by atoms with van der Waals surface area (Å²) in [5.74, 6) is 0. The number of fused-ring (bicyclic) bond motifs is 1. The Hall–Kier alpha value is -1.35. The van der Waals surface area contributed by atoms with Crippen LogP contribution in [0.4, 0.5) is 0 Å². The fraction of sp³-hybridized carbons (Fsp3) is 0.588. The van der Waals surface area contributed by atoms with Crippen molar-refractivity contribution in [3.8, 4) is 0 Å². The molecular formula is C17H27ClN4O3S. The Morgan fingerprint density at radius 2 is 1.77 bits per heavy atom. The number of imidazole rings is 1. The number of aromatic nitrogens is 2. The van der Waals surface area contributed by atoms with Crippen LogP contribution < -0.4 is 11.0 Å². The smallest absolute Gasteiger partial charge is 0.317 e. The molecule has 146 valence electrons. The lowest BCUT2D eigenvalue weighted by molar-refractivity contribution is 0.262. The summed E-state index contributed by atoms with van der Waals surface area (Å²) in [6, 6.07) is 4.98. The average molecular weight is 403 g/mol. The van der Waals surface area contributed by atoms with E-state index in [1.807, 2.05) is 6.92 Å². The van der Waals surface area contributed by atoms with Crippen LogP contribution in [-0.4, -0.2) is 47.5 Å². The van der Waals surface area contributed by atoms with Crippen LogP contribution in [0.15, 0.2) is 27.9 Å². The molecule has 0 amide bonds. The van der Waals surface area contributed by atoms with Gasteiger partial charge in [0, 0.05) is 26.7 Å². The Balaban J connectivity index is 0.00000243. The number of nitrogens with one attached hydrogen (secondary N) is 1. The van der Waals surface area contributed by atoms with E-state index in [2.05, 4.69) is 5.32 Å². The molecule has 9 heteroatoms. The fourth-order valence-corrected chi connectivity index (χ4v) is 5.39. The summed E-state index contributed by atoms with van der Waals surface area (Å²) in [6.07, 6.45) is 2.42. The first-order valence-electron chi connectivity index (χ1n) is 8.76. The van der Waals surface area contributed by atoms with Crippen LogP contribution in [0, 0.1) is 0 Å². The molecular weight excluding hydrogens is 376 g/mol. The minimum atomic E-state index is -3.59. The molecule has 3 rings (SSSR count). The van der Waals surface area contributed by atoms with Crippen LogP contribution in [-0.2, 0) is 24.1 Å². The molecule has 1 aliphatic rings. The largest absolute Gasteiger partial charge is 0.328 e. The average Bonchev–Trinajstić information content (AvgIpc) is 2.84. The first kappa shape index (κ1) is 21.0. The zero-order valence-corrected chi connectivity index (χ0v) is 17.1. The van der Waals surface area contributed by atoms with E-state index in [1.54, 1.807) is 36.6 Å². The van der Waals surface area contributed by atoms with E-state index in [4.69, 9.17) is 0 Å². The van der Waals surface area contributed by atoms with Gasteiger partial charge < -0.3 is 5.32 Å². The molecule has 26 heavy (non-hydrogen) atoms. The van der Waals surface area contributed by atoms with E-state index >= 15 is 0 Å². The molecule has 2 aromatic rings. The molecule has 0 radical (unpaired) electrons. The Bertz CT molecular complexity index is 929. The third-order valence-corrected chi connectivity index (χ3v) is 6.96. The summed E-state index contributed by atoms with van der Waals surface area (Å²) in [5.41, 5.74) is 1.21. The molecule has 0 saturated carbocycles. The number of piperidine rings is 1. The monoisotopic (exact) mass is 402 g/mol. The van der Waals surface area contributed by atoms with Crippen molar-refractivity contribution in [3.05, 3.63) is 28.7 Å². The van der Waals surface area contributed by atoms with E-state index in [0.717, 1.165) is 37.9 Å². The number of hydrogen-bond acceptors (Lipinski definition) is 4. The predicted octanol–water partition coefficient (Wildman–Crippen LogP) is 1.45. The zero-order chi connectivity index (χ0) is 18.2. The van der Waals surface area contributed by atoms with Crippen molar-refractivity contribution in [1.29, 1.82) is 0 Å².